The van der Waals surface area contributed by atoms with Crippen molar-refractivity contribution < 1.29 is 4.79 Å². The number of nitriles is 1. The Labute approximate surface area is 162 Å². The lowest BCUT2D eigenvalue weighted by atomic mass is 9.48. The molecular formula is C23H29N3O. The molecule has 4 heteroatoms. The number of carbonyl (C=O) groups is 1. The van der Waals surface area contributed by atoms with E-state index in [0.717, 1.165) is 29.0 Å². The maximum Gasteiger partial charge on any atom is 0.263 e. The second kappa shape index (κ2) is 7.03. The summed E-state index contributed by atoms with van der Waals surface area (Å²) in [6.07, 6.45) is 9.44. The molecule has 1 aromatic rings. The molecule has 142 valence electrons. The molecule has 0 spiro atoms. The predicted octanol–water partition coefficient (Wildman–Crippen LogP) is 4.54. The van der Waals surface area contributed by atoms with E-state index in [0.29, 0.717) is 0 Å². The van der Waals surface area contributed by atoms with Crippen molar-refractivity contribution in [3.05, 3.63) is 41.6 Å². The Bertz CT molecular complexity index is 769. The van der Waals surface area contributed by atoms with Crippen molar-refractivity contribution in [2.75, 3.05) is 5.32 Å². The first kappa shape index (κ1) is 18.1. The molecule has 0 radical (unpaired) electrons. The monoisotopic (exact) mass is 363 g/mol. The smallest absolute Gasteiger partial charge is 0.263 e. The van der Waals surface area contributed by atoms with Crippen LogP contribution in [0.3, 0.4) is 0 Å². The van der Waals surface area contributed by atoms with E-state index in [4.69, 9.17) is 0 Å². The zero-order valence-corrected chi connectivity index (χ0v) is 16.3. The van der Waals surface area contributed by atoms with Crippen LogP contribution in [0.2, 0.25) is 0 Å². The maximum absolute atomic E-state index is 12.7. The Morgan fingerprint density at radius 1 is 1.19 bits per heavy atom. The van der Waals surface area contributed by atoms with Crippen LogP contribution in [-0.4, -0.2) is 11.9 Å². The molecule has 4 bridgehead atoms. The second-order valence-electron chi connectivity index (χ2n) is 9.10. The highest BCUT2D eigenvalue weighted by Gasteiger charge is 2.53. The highest BCUT2D eigenvalue weighted by molar-refractivity contribution is 5.97. The molecule has 5 rings (SSSR count). The highest BCUT2D eigenvalue weighted by atomic mass is 16.1. The van der Waals surface area contributed by atoms with E-state index < -0.39 is 0 Å². The fourth-order valence-electron chi connectivity index (χ4n) is 6.17. The third-order valence-corrected chi connectivity index (χ3v) is 7.23. The fraction of sp³-hybridized carbons (Fsp3) is 0.565. The Balaban J connectivity index is 1.44. The number of amides is 1. The summed E-state index contributed by atoms with van der Waals surface area (Å²) in [7, 11) is 0. The quantitative estimate of drug-likeness (QED) is 0.596. The number of carbonyl (C=O) groups excluding carboxylic acids is 1. The van der Waals surface area contributed by atoms with Gasteiger partial charge in [-0.15, -0.1) is 0 Å². The summed E-state index contributed by atoms with van der Waals surface area (Å²) < 4.78 is 0. The SMILES string of the molecule is Cc1ccccc1N/C=C(/C#N)C(=O)NC(C)C12CC3CC(CC(C3)C1)C2. The molecule has 1 unspecified atom stereocenters. The van der Waals surface area contributed by atoms with Gasteiger partial charge in [-0.3, -0.25) is 4.79 Å². The lowest BCUT2D eigenvalue weighted by Crippen LogP contribution is -2.56. The van der Waals surface area contributed by atoms with Crippen molar-refractivity contribution in [1.82, 2.24) is 5.32 Å². The molecule has 1 aromatic carbocycles. The Kier molecular flexibility index (Phi) is 4.72. The number of rotatable bonds is 5. The van der Waals surface area contributed by atoms with E-state index in [9.17, 15) is 10.1 Å². The average molecular weight is 364 g/mol. The van der Waals surface area contributed by atoms with Gasteiger partial charge < -0.3 is 10.6 Å². The summed E-state index contributed by atoms with van der Waals surface area (Å²) in [5.41, 5.74) is 2.37. The Morgan fingerprint density at radius 2 is 1.78 bits per heavy atom. The molecule has 4 saturated carbocycles. The van der Waals surface area contributed by atoms with Gasteiger partial charge in [0.1, 0.15) is 11.6 Å². The van der Waals surface area contributed by atoms with Gasteiger partial charge in [0.15, 0.2) is 0 Å². The molecule has 2 N–H and O–H groups in total. The summed E-state index contributed by atoms with van der Waals surface area (Å²) in [6.45, 7) is 4.15. The van der Waals surface area contributed by atoms with Gasteiger partial charge in [-0.05, 0) is 87.2 Å². The molecule has 4 aliphatic carbocycles. The van der Waals surface area contributed by atoms with Crippen LogP contribution in [0.5, 0.6) is 0 Å². The van der Waals surface area contributed by atoms with Crippen LogP contribution in [0.15, 0.2) is 36.0 Å². The third-order valence-electron chi connectivity index (χ3n) is 7.23. The molecule has 27 heavy (non-hydrogen) atoms. The molecule has 4 nitrogen and oxygen atoms in total. The normalized spacial score (nSPS) is 32.6. The van der Waals surface area contributed by atoms with Crippen molar-refractivity contribution in [2.24, 2.45) is 23.2 Å². The zero-order valence-electron chi connectivity index (χ0n) is 16.3. The molecule has 4 aliphatic rings. The number of aryl methyl sites for hydroxylation is 1. The average Bonchev–Trinajstić information content (AvgIpc) is 2.62. The zero-order chi connectivity index (χ0) is 19.0. The van der Waals surface area contributed by atoms with Gasteiger partial charge in [0.25, 0.3) is 5.91 Å². The molecule has 0 saturated heterocycles. The molecule has 0 aliphatic heterocycles. The number of para-hydroxylation sites is 1. The van der Waals surface area contributed by atoms with Gasteiger partial charge in [0.2, 0.25) is 0 Å². The number of hydrogen-bond donors (Lipinski definition) is 2. The minimum Gasteiger partial charge on any atom is -0.360 e. The van der Waals surface area contributed by atoms with E-state index in [1.165, 1.54) is 44.7 Å². The number of hydrogen-bond acceptors (Lipinski definition) is 3. The van der Waals surface area contributed by atoms with Crippen LogP contribution in [-0.2, 0) is 4.79 Å². The van der Waals surface area contributed by atoms with Crippen LogP contribution in [0.4, 0.5) is 5.69 Å². The first-order valence-corrected chi connectivity index (χ1v) is 10.2. The van der Waals surface area contributed by atoms with Gasteiger partial charge in [-0.1, -0.05) is 18.2 Å². The number of anilines is 1. The molecule has 1 amide bonds. The van der Waals surface area contributed by atoms with Crippen LogP contribution in [0, 0.1) is 41.4 Å². The summed E-state index contributed by atoms with van der Waals surface area (Å²) in [5.74, 6) is 2.29. The first-order valence-electron chi connectivity index (χ1n) is 10.2. The summed E-state index contributed by atoms with van der Waals surface area (Å²) in [5, 5.41) is 15.7. The summed E-state index contributed by atoms with van der Waals surface area (Å²) >= 11 is 0. The summed E-state index contributed by atoms with van der Waals surface area (Å²) in [6, 6.07) is 10.0. The minimum absolute atomic E-state index is 0.119. The molecular weight excluding hydrogens is 334 g/mol. The third kappa shape index (κ3) is 3.48. The van der Waals surface area contributed by atoms with Crippen molar-refractivity contribution in [2.45, 2.75) is 58.4 Å². The van der Waals surface area contributed by atoms with Gasteiger partial charge in [-0.25, -0.2) is 0 Å². The molecule has 4 fully saturated rings. The molecule has 1 atom stereocenters. The molecule has 0 heterocycles. The largest absolute Gasteiger partial charge is 0.360 e. The van der Waals surface area contributed by atoms with Crippen LogP contribution < -0.4 is 10.6 Å². The fourth-order valence-corrected chi connectivity index (χ4v) is 6.17. The highest BCUT2D eigenvalue weighted by Crippen LogP contribution is 2.61. The van der Waals surface area contributed by atoms with Gasteiger partial charge in [0, 0.05) is 17.9 Å². The van der Waals surface area contributed by atoms with Crippen molar-refractivity contribution in [1.29, 1.82) is 5.26 Å². The topological polar surface area (TPSA) is 64.9 Å². The van der Waals surface area contributed by atoms with Crippen LogP contribution in [0.25, 0.3) is 0 Å². The molecule has 0 aromatic heterocycles. The number of nitrogens with zero attached hydrogens (tertiary/aromatic N) is 1. The predicted molar refractivity (Wildman–Crippen MR) is 107 cm³/mol. The first-order chi connectivity index (χ1) is 13.0. The van der Waals surface area contributed by atoms with E-state index >= 15 is 0 Å². The van der Waals surface area contributed by atoms with Crippen molar-refractivity contribution in [3.8, 4) is 6.07 Å². The van der Waals surface area contributed by atoms with Crippen LogP contribution >= 0.6 is 0 Å². The van der Waals surface area contributed by atoms with Gasteiger partial charge in [-0.2, -0.15) is 5.26 Å². The van der Waals surface area contributed by atoms with Gasteiger partial charge >= 0.3 is 0 Å². The van der Waals surface area contributed by atoms with E-state index in [2.05, 4.69) is 23.6 Å². The van der Waals surface area contributed by atoms with E-state index in [1.54, 1.807) is 0 Å². The summed E-state index contributed by atoms with van der Waals surface area (Å²) in [4.78, 5) is 12.7. The van der Waals surface area contributed by atoms with Crippen molar-refractivity contribution >= 4 is 11.6 Å². The standard InChI is InChI=1S/C23H29N3O/c1-15-5-3-4-6-21(15)25-14-20(13-24)22(27)26-16(2)23-10-17-7-18(11-23)9-19(8-17)12-23/h3-6,14,16-19,25H,7-12H2,1-2H3,(H,26,27)/b20-14-. The maximum atomic E-state index is 12.7. The Hall–Kier alpha value is -2.28. The number of nitrogens with one attached hydrogen (secondary N) is 2. The Morgan fingerprint density at radius 3 is 2.33 bits per heavy atom. The van der Waals surface area contributed by atoms with Crippen molar-refractivity contribution in [3.63, 3.8) is 0 Å². The van der Waals surface area contributed by atoms with E-state index in [-0.39, 0.29) is 22.9 Å². The van der Waals surface area contributed by atoms with Crippen LogP contribution in [0.1, 0.15) is 51.0 Å². The minimum atomic E-state index is -0.262. The van der Waals surface area contributed by atoms with Gasteiger partial charge in [0.05, 0.1) is 0 Å². The second-order valence-corrected chi connectivity index (χ2v) is 9.10. The lowest BCUT2D eigenvalue weighted by Gasteiger charge is -2.59. The lowest BCUT2D eigenvalue weighted by molar-refractivity contribution is -0.122. The van der Waals surface area contributed by atoms with E-state index in [1.807, 2.05) is 31.2 Å². The number of benzene rings is 1.